The van der Waals surface area contributed by atoms with E-state index in [0.29, 0.717) is 22.5 Å². The zero-order valence-electron chi connectivity index (χ0n) is 16.5. The minimum Gasteiger partial charge on any atom is -0.475 e. The summed E-state index contributed by atoms with van der Waals surface area (Å²) in [6.07, 6.45) is 2.75. The van der Waals surface area contributed by atoms with E-state index in [0.717, 1.165) is 16.5 Å². The summed E-state index contributed by atoms with van der Waals surface area (Å²) in [5.74, 6) is 0.388. The second kappa shape index (κ2) is 5.97. The second-order valence-corrected chi connectivity index (χ2v) is 7.79. The number of carbonyl (C=O) groups is 1. The first-order chi connectivity index (χ1) is 13.1. The Morgan fingerprint density at radius 1 is 1.18 bits per heavy atom. The van der Waals surface area contributed by atoms with Crippen LogP contribution < -0.4 is 15.2 Å². The summed E-state index contributed by atoms with van der Waals surface area (Å²) in [6.45, 7) is 5.13. The van der Waals surface area contributed by atoms with Gasteiger partial charge in [0, 0.05) is 43.0 Å². The highest BCUT2D eigenvalue weighted by molar-refractivity contribution is 6.05. The predicted molar refractivity (Wildman–Crippen MR) is 108 cm³/mol. The number of aliphatic hydroxyl groups excluding tert-OH is 1. The molecule has 0 spiro atoms. The van der Waals surface area contributed by atoms with E-state index in [1.165, 1.54) is 4.57 Å². The Balaban J connectivity index is 2.10. The summed E-state index contributed by atoms with van der Waals surface area (Å²) in [5.41, 5.74) is 2.11. The number of H-pyrrole nitrogens is 1. The summed E-state index contributed by atoms with van der Waals surface area (Å²) in [6, 6.07) is 5.47. The average molecular weight is 381 g/mol. The number of likely N-dealkylation sites (N-methyl/N-ethyl adjacent to an activating group) is 1. The first-order valence-electron chi connectivity index (χ1n) is 9.12. The van der Waals surface area contributed by atoms with Crippen molar-refractivity contribution in [2.24, 2.45) is 7.05 Å². The molecule has 7 nitrogen and oxygen atoms in total. The van der Waals surface area contributed by atoms with Gasteiger partial charge in [-0.2, -0.15) is 0 Å². The van der Waals surface area contributed by atoms with Crippen LogP contribution in [-0.4, -0.2) is 33.2 Å². The Labute approximate surface area is 162 Å². The van der Waals surface area contributed by atoms with E-state index in [4.69, 9.17) is 4.74 Å². The largest absolute Gasteiger partial charge is 0.475 e. The maximum Gasteiger partial charge on any atom is 0.274 e. The molecule has 0 bridgehead atoms. The Bertz CT molecular complexity index is 1170. The number of hydrogen-bond acceptors (Lipinski definition) is 4. The van der Waals surface area contributed by atoms with Crippen molar-refractivity contribution < 1.29 is 14.6 Å². The smallest absolute Gasteiger partial charge is 0.274 e. The molecule has 1 aliphatic heterocycles. The lowest BCUT2D eigenvalue weighted by molar-refractivity contribution is -0.132. The van der Waals surface area contributed by atoms with Crippen molar-refractivity contribution in [2.45, 2.75) is 32.5 Å². The number of aryl methyl sites for hydroxylation is 1. The molecular formula is C21H23N3O4. The maximum absolute atomic E-state index is 12.7. The van der Waals surface area contributed by atoms with Crippen LogP contribution in [0.4, 0.5) is 5.69 Å². The number of benzene rings is 1. The molecule has 0 aliphatic carbocycles. The summed E-state index contributed by atoms with van der Waals surface area (Å²) in [4.78, 5) is 29.7. The lowest BCUT2D eigenvalue weighted by Gasteiger charge is -2.38. The number of anilines is 1. The number of pyridine rings is 1. The fourth-order valence-electron chi connectivity index (χ4n) is 3.73. The van der Waals surface area contributed by atoms with Gasteiger partial charge in [0.2, 0.25) is 0 Å². The number of nitrogens with zero attached hydrogens (tertiary/aromatic N) is 2. The zero-order valence-corrected chi connectivity index (χ0v) is 16.5. The van der Waals surface area contributed by atoms with Crippen molar-refractivity contribution >= 4 is 22.5 Å². The third-order valence-corrected chi connectivity index (χ3v) is 5.30. The molecule has 2 aromatic heterocycles. The van der Waals surface area contributed by atoms with Gasteiger partial charge in [-0.1, -0.05) is 0 Å². The normalized spacial score (nSPS) is 16.8. The molecule has 146 valence electrons. The number of amides is 1. The van der Waals surface area contributed by atoms with E-state index >= 15 is 0 Å². The summed E-state index contributed by atoms with van der Waals surface area (Å²) >= 11 is 0. The molecule has 3 aromatic rings. The van der Waals surface area contributed by atoms with E-state index in [1.807, 2.05) is 12.1 Å². The van der Waals surface area contributed by atoms with E-state index in [9.17, 15) is 14.7 Å². The fraction of sp³-hybridized carbons (Fsp3) is 0.333. The molecule has 0 fully saturated rings. The molecule has 2 N–H and O–H groups in total. The highest BCUT2D eigenvalue weighted by Gasteiger charge is 2.41. The monoisotopic (exact) mass is 381 g/mol. The number of aromatic nitrogens is 2. The van der Waals surface area contributed by atoms with E-state index < -0.39 is 11.7 Å². The van der Waals surface area contributed by atoms with Crippen LogP contribution in [0, 0.1) is 0 Å². The molecule has 1 atom stereocenters. The number of fused-ring (bicyclic) bond motifs is 2. The molecule has 0 radical (unpaired) electrons. The van der Waals surface area contributed by atoms with Gasteiger partial charge in [0.05, 0.1) is 11.8 Å². The number of hydrogen-bond donors (Lipinski definition) is 2. The quantitative estimate of drug-likeness (QED) is 0.715. The van der Waals surface area contributed by atoms with Gasteiger partial charge in [-0.15, -0.1) is 0 Å². The molecule has 0 saturated carbocycles. The van der Waals surface area contributed by atoms with Crippen molar-refractivity contribution in [1.29, 1.82) is 0 Å². The molecule has 4 rings (SSSR count). The Morgan fingerprint density at radius 2 is 1.89 bits per heavy atom. The summed E-state index contributed by atoms with van der Waals surface area (Å²) in [5, 5.41) is 11.0. The van der Waals surface area contributed by atoms with Crippen molar-refractivity contribution in [1.82, 2.24) is 9.55 Å². The minimum absolute atomic E-state index is 0.127. The van der Waals surface area contributed by atoms with E-state index in [-0.39, 0.29) is 11.5 Å². The SMILES string of the molecule is C[C@H](O)c1cc(-c2cn(C)c(=O)c3[nH]ccc23)c2c(c1)N(C)C(=O)C(C)(C)O2. The second-order valence-electron chi connectivity index (χ2n) is 7.79. The van der Waals surface area contributed by atoms with Crippen LogP contribution in [0.5, 0.6) is 5.75 Å². The van der Waals surface area contributed by atoms with Gasteiger partial charge in [0.25, 0.3) is 11.5 Å². The van der Waals surface area contributed by atoms with Gasteiger partial charge in [0.1, 0.15) is 5.52 Å². The van der Waals surface area contributed by atoms with Gasteiger partial charge in [-0.3, -0.25) is 9.59 Å². The molecule has 1 aliphatic rings. The lowest BCUT2D eigenvalue weighted by Crippen LogP contribution is -2.51. The number of nitrogens with one attached hydrogen (secondary N) is 1. The summed E-state index contributed by atoms with van der Waals surface area (Å²) < 4.78 is 7.66. The number of aliphatic hydroxyl groups is 1. The Hall–Kier alpha value is -3.06. The highest BCUT2D eigenvalue weighted by atomic mass is 16.5. The molecular weight excluding hydrogens is 358 g/mol. The molecule has 1 amide bonds. The van der Waals surface area contributed by atoms with Crippen LogP contribution >= 0.6 is 0 Å². The number of carbonyl (C=O) groups excluding carboxylic acids is 1. The molecule has 0 unspecified atom stereocenters. The van der Waals surface area contributed by atoms with Gasteiger partial charge in [-0.25, -0.2) is 0 Å². The Morgan fingerprint density at radius 3 is 2.57 bits per heavy atom. The van der Waals surface area contributed by atoms with Crippen molar-refractivity contribution in [3.63, 3.8) is 0 Å². The van der Waals surface area contributed by atoms with Gasteiger partial charge in [-0.05, 0) is 44.5 Å². The Kier molecular flexibility index (Phi) is 3.90. The van der Waals surface area contributed by atoms with Crippen LogP contribution in [0.3, 0.4) is 0 Å². The third kappa shape index (κ3) is 2.54. The van der Waals surface area contributed by atoms with Crippen molar-refractivity contribution in [3.05, 3.63) is 46.5 Å². The van der Waals surface area contributed by atoms with Crippen LogP contribution in [0.15, 0.2) is 35.4 Å². The van der Waals surface area contributed by atoms with Crippen molar-refractivity contribution in [3.8, 4) is 16.9 Å². The fourth-order valence-corrected chi connectivity index (χ4v) is 3.73. The molecule has 0 saturated heterocycles. The van der Waals surface area contributed by atoms with E-state index in [1.54, 1.807) is 58.2 Å². The van der Waals surface area contributed by atoms with Gasteiger partial charge >= 0.3 is 0 Å². The average Bonchev–Trinajstić information content (AvgIpc) is 3.12. The van der Waals surface area contributed by atoms with Crippen LogP contribution in [-0.2, 0) is 11.8 Å². The third-order valence-electron chi connectivity index (χ3n) is 5.30. The number of rotatable bonds is 2. The first-order valence-corrected chi connectivity index (χ1v) is 9.12. The molecule has 28 heavy (non-hydrogen) atoms. The van der Waals surface area contributed by atoms with Gasteiger partial charge in [0.15, 0.2) is 11.4 Å². The number of ether oxygens (including phenoxy) is 1. The molecule has 3 heterocycles. The summed E-state index contributed by atoms with van der Waals surface area (Å²) in [7, 11) is 3.39. The van der Waals surface area contributed by atoms with E-state index in [2.05, 4.69) is 4.98 Å². The standard InChI is InChI=1S/C21H23N3O4/c1-11(25)12-8-14(15-10-23(4)19(26)17-13(15)6-7-22-17)18-16(9-12)24(5)20(27)21(2,3)28-18/h6-11,22,25H,1-5H3/t11-/m0/s1. The topological polar surface area (TPSA) is 87.6 Å². The van der Waals surface area contributed by atoms with Crippen LogP contribution in [0.25, 0.3) is 22.0 Å². The zero-order chi connectivity index (χ0) is 20.4. The van der Waals surface area contributed by atoms with Crippen LogP contribution in [0.2, 0.25) is 0 Å². The first kappa shape index (κ1) is 18.3. The van der Waals surface area contributed by atoms with Crippen LogP contribution in [0.1, 0.15) is 32.4 Å². The molecule has 7 heteroatoms. The number of aromatic amines is 1. The highest BCUT2D eigenvalue weighted by Crippen LogP contribution is 2.46. The lowest BCUT2D eigenvalue weighted by atomic mass is 9.94. The maximum atomic E-state index is 12.7. The predicted octanol–water partition coefficient (Wildman–Crippen LogP) is 2.72. The van der Waals surface area contributed by atoms with Gasteiger partial charge < -0.3 is 24.3 Å². The minimum atomic E-state index is -1.03. The molecule has 1 aromatic carbocycles. The van der Waals surface area contributed by atoms with Crippen molar-refractivity contribution in [2.75, 3.05) is 11.9 Å².